The number of likely N-dealkylation sites (N-methyl/N-ethyl adjacent to an activating group) is 1. The van der Waals surface area contributed by atoms with Crippen molar-refractivity contribution in [2.75, 3.05) is 51.3 Å². The number of carbonyl (C=O) groups excluding carboxylic acids is 1. The van der Waals surface area contributed by atoms with Gasteiger partial charge in [-0.15, -0.1) is 11.3 Å². The standard InChI is InChI=1S/C22H33N5O2S/c1-4-7-23-19(28)14-26(3)21-20-16-6-5-15(2)12-17(16)30-22(20)25-18(24-21)13-27-8-10-29-11-9-27/h15H,4-14H2,1-3H3,(H,23,28)/t15-/m1/s1. The minimum absolute atomic E-state index is 0.0403. The first-order valence-electron chi connectivity index (χ1n) is 11.1. The third-order valence-corrected chi connectivity index (χ3v) is 7.11. The summed E-state index contributed by atoms with van der Waals surface area (Å²) < 4.78 is 5.48. The maximum Gasteiger partial charge on any atom is 0.239 e. The van der Waals surface area contributed by atoms with Crippen LogP contribution in [0.3, 0.4) is 0 Å². The Labute approximate surface area is 182 Å². The number of anilines is 1. The van der Waals surface area contributed by atoms with Crippen LogP contribution in [0, 0.1) is 5.92 Å². The number of thiophene rings is 1. The molecule has 2 aromatic heterocycles. The number of nitrogens with one attached hydrogen (secondary N) is 1. The third kappa shape index (κ3) is 4.76. The topological polar surface area (TPSA) is 70.6 Å². The van der Waals surface area contributed by atoms with Gasteiger partial charge in [-0.1, -0.05) is 13.8 Å². The Bertz CT molecular complexity index is 893. The number of aromatic nitrogens is 2. The van der Waals surface area contributed by atoms with Gasteiger partial charge in [0.05, 0.1) is 31.7 Å². The smallest absolute Gasteiger partial charge is 0.239 e. The van der Waals surface area contributed by atoms with Crippen molar-refractivity contribution >= 4 is 33.3 Å². The fraction of sp³-hybridized carbons (Fsp3) is 0.682. The van der Waals surface area contributed by atoms with Crippen LogP contribution in [0.15, 0.2) is 0 Å². The molecule has 8 heteroatoms. The van der Waals surface area contributed by atoms with Crippen molar-refractivity contribution in [1.29, 1.82) is 0 Å². The maximum absolute atomic E-state index is 12.4. The van der Waals surface area contributed by atoms with Crippen LogP contribution in [0.5, 0.6) is 0 Å². The lowest BCUT2D eigenvalue weighted by molar-refractivity contribution is -0.119. The fourth-order valence-electron chi connectivity index (χ4n) is 4.28. The molecule has 0 aromatic carbocycles. The van der Waals surface area contributed by atoms with E-state index in [1.807, 2.05) is 23.3 Å². The monoisotopic (exact) mass is 431 g/mol. The van der Waals surface area contributed by atoms with Crippen molar-refractivity contribution < 1.29 is 9.53 Å². The van der Waals surface area contributed by atoms with Crippen LogP contribution < -0.4 is 10.2 Å². The number of fused-ring (bicyclic) bond motifs is 3. The average Bonchev–Trinajstić information content (AvgIpc) is 3.09. The van der Waals surface area contributed by atoms with Gasteiger partial charge >= 0.3 is 0 Å². The lowest BCUT2D eigenvalue weighted by Crippen LogP contribution is -2.37. The Kier molecular flexibility index (Phi) is 6.85. The Hall–Kier alpha value is -1.77. The quantitative estimate of drug-likeness (QED) is 0.727. The highest BCUT2D eigenvalue weighted by atomic mass is 32.1. The summed E-state index contributed by atoms with van der Waals surface area (Å²) >= 11 is 1.82. The molecule has 0 radical (unpaired) electrons. The van der Waals surface area contributed by atoms with E-state index in [2.05, 4.69) is 24.1 Å². The molecule has 0 unspecified atom stereocenters. The Balaban J connectivity index is 1.67. The SMILES string of the molecule is CCCNC(=O)CN(C)c1nc(CN2CCOCC2)nc2sc3c(c12)CC[C@@H](C)C3. The molecule has 1 fully saturated rings. The predicted molar refractivity (Wildman–Crippen MR) is 121 cm³/mol. The van der Waals surface area contributed by atoms with Gasteiger partial charge in [-0.3, -0.25) is 9.69 Å². The lowest BCUT2D eigenvalue weighted by atomic mass is 9.89. The van der Waals surface area contributed by atoms with Crippen LogP contribution >= 0.6 is 11.3 Å². The highest BCUT2D eigenvalue weighted by Gasteiger charge is 2.26. The maximum atomic E-state index is 12.4. The second kappa shape index (κ2) is 9.58. The molecule has 2 aromatic rings. The number of hydrogen-bond acceptors (Lipinski definition) is 7. The fourth-order valence-corrected chi connectivity index (χ4v) is 5.68. The van der Waals surface area contributed by atoms with Gasteiger partial charge in [0.2, 0.25) is 5.91 Å². The highest BCUT2D eigenvalue weighted by molar-refractivity contribution is 7.19. The minimum Gasteiger partial charge on any atom is -0.379 e. The van der Waals surface area contributed by atoms with Crippen LogP contribution in [0.1, 0.15) is 43.0 Å². The van der Waals surface area contributed by atoms with E-state index in [1.54, 1.807) is 0 Å². The molecule has 1 N–H and O–H groups in total. The molecule has 164 valence electrons. The first-order chi connectivity index (χ1) is 14.5. The summed E-state index contributed by atoms with van der Waals surface area (Å²) in [5, 5.41) is 4.14. The number of morpholine rings is 1. The molecule has 1 amide bonds. The molecule has 4 rings (SSSR count). The zero-order valence-corrected chi connectivity index (χ0v) is 19.2. The van der Waals surface area contributed by atoms with Gasteiger partial charge in [0, 0.05) is 31.6 Å². The van der Waals surface area contributed by atoms with Gasteiger partial charge in [-0.25, -0.2) is 9.97 Å². The molecular formula is C22H33N5O2S. The predicted octanol–water partition coefficient (Wildman–Crippen LogP) is 2.61. The normalized spacial score (nSPS) is 19.6. The van der Waals surface area contributed by atoms with E-state index in [1.165, 1.54) is 22.2 Å². The zero-order chi connectivity index (χ0) is 21.1. The van der Waals surface area contributed by atoms with E-state index in [9.17, 15) is 4.79 Å². The number of aryl methyl sites for hydroxylation is 1. The highest BCUT2D eigenvalue weighted by Crippen LogP contribution is 2.40. The van der Waals surface area contributed by atoms with Crippen LogP contribution in [0.2, 0.25) is 0 Å². The van der Waals surface area contributed by atoms with Gasteiger partial charge in [-0.2, -0.15) is 0 Å². The zero-order valence-electron chi connectivity index (χ0n) is 18.4. The molecule has 30 heavy (non-hydrogen) atoms. The largest absolute Gasteiger partial charge is 0.379 e. The van der Waals surface area contributed by atoms with Crippen LogP contribution in [0.25, 0.3) is 10.2 Å². The van der Waals surface area contributed by atoms with Crippen molar-refractivity contribution in [2.24, 2.45) is 5.92 Å². The molecule has 1 aliphatic carbocycles. The summed E-state index contributed by atoms with van der Waals surface area (Å²) in [6, 6.07) is 0. The minimum atomic E-state index is 0.0403. The second-order valence-electron chi connectivity index (χ2n) is 8.59. The molecule has 1 aliphatic heterocycles. The van der Waals surface area contributed by atoms with E-state index in [0.29, 0.717) is 19.0 Å². The molecule has 7 nitrogen and oxygen atoms in total. The van der Waals surface area contributed by atoms with Gasteiger partial charge < -0.3 is 15.0 Å². The summed E-state index contributed by atoms with van der Waals surface area (Å²) in [5.41, 5.74) is 1.40. The number of hydrogen-bond donors (Lipinski definition) is 1. The van der Waals surface area contributed by atoms with Crippen molar-refractivity contribution in [3.63, 3.8) is 0 Å². The Morgan fingerprint density at radius 3 is 2.90 bits per heavy atom. The number of rotatable bonds is 7. The third-order valence-electron chi connectivity index (χ3n) is 5.97. The van der Waals surface area contributed by atoms with Crippen LogP contribution in [-0.2, 0) is 28.9 Å². The molecule has 0 saturated carbocycles. The number of ether oxygens (including phenoxy) is 1. The summed E-state index contributed by atoms with van der Waals surface area (Å²) in [5.74, 6) is 2.50. The van der Waals surface area contributed by atoms with Crippen LogP contribution in [0.4, 0.5) is 5.82 Å². The first-order valence-corrected chi connectivity index (χ1v) is 12.0. The van der Waals surface area contributed by atoms with Gasteiger partial charge in [0.1, 0.15) is 16.5 Å². The summed E-state index contributed by atoms with van der Waals surface area (Å²) in [4.78, 5) is 29.2. The van der Waals surface area contributed by atoms with E-state index in [0.717, 1.165) is 68.6 Å². The Morgan fingerprint density at radius 2 is 2.13 bits per heavy atom. The molecule has 3 heterocycles. The van der Waals surface area contributed by atoms with Crippen LogP contribution in [-0.4, -0.2) is 67.2 Å². The second-order valence-corrected chi connectivity index (χ2v) is 9.67. The molecule has 0 bridgehead atoms. The van der Waals surface area contributed by atoms with E-state index in [4.69, 9.17) is 14.7 Å². The van der Waals surface area contributed by atoms with Crippen molar-refractivity contribution in [3.05, 3.63) is 16.3 Å². The van der Waals surface area contributed by atoms with Crippen molar-refractivity contribution in [2.45, 2.75) is 46.1 Å². The van der Waals surface area contributed by atoms with Crippen molar-refractivity contribution in [1.82, 2.24) is 20.2 Å². The molecule has 1 saturated heterocycles. The number of carbonyl (C=O) groups is 1. The molecule has 1 atom stereocenters. The molecule has 2 aliphatic rings. The summed E-state index contributed by atoms with van der Waals surface area (Å²) in [6.07, 6.45) is 4.34. The van der Waals surface area contributed by atoms with E-state index in [-0.39, 0.29) is 5.91 Å². The van der Waals surface area contributed by atoms with E-state index >= 15 is 0 Å². The van der Waals surface area contributed by atoms with Gasteiger partial charge in [0.15, 0.2) is 0 Å². The van der Waals surface area contributed by atoms with Gasteiger partial charge in [0.25, 0.3) is 0 Å². The summed E-state index contributed by atoms with van der Waals surface area (Å²) in [6.45, 7) is 9.47. The Morgan fingerprint density at radius 1 is 1.33 bits per heavy atom. The lowest BCUT2D eigenvalue weighted by Gasteiger charge is -2.26. The van der Waals surface area contributed by atoms with Gasteiger partial charge in [-0.05, 0) is 37.2 Å². The molecular weight excluding hydrogens is 398 g/mol. The van der Waals surface area contributed by atoms with E-state index < -0.39 is 0 Å². The number of amides is 1. The average molecular weight is 432 g/mol. The number of nitrogens with zero attached hydrogens (tertiary/aromatic N) is 4. The summed E-state index contributed by atoms with van der Waals surface area (Å²) in [7, 11) is 1.97. The first kappa shape index (κ1) is 21.5. The molecule has 0 spiro atoms. The van der Waals surface area contributed by atoms with Crippen molar-refractivity contribution in [3.8, 4) is 0 Å².